The van der Waals surface area contributed by atoms with Gasteiger partial charge in [-0.25, -0.2) is 0 Å². The van der Waals surface area contributed by atoms with Crippen molar-refractivity contribution in [2.75, 3.05) is 13.2 Å². The van der Waals surface area contributed by atoms with Crippen molar-refractivity contribution in [3.05, 3.63) is 426 Å². The van der Waals surface area contributed by atoms with E-state index in [0.29, 0.717) is 23.8 Å². The van der Waals surface area contributed by atoms with Gasteiger partial charge in [-0.3, -0.25) is 0 Å². The van der Waals surface area contributed by atoms with Crippen LogP contribution in [0.4, 0.5) is 0 Å². The van der Waals surface area contributed by atoms with Crippen molar-refractivity contribution in [3.8, 4) is 0 Å². The molecule has 8 aliphatic carbocycles. The van der Waals surface area contributed by atoms with Crippen LogP contribution in [-0.2, 0) is 56.1 Å². The van der Waals surface area contributed by atoms with Gasteiger partial charge in [0.05, 0.1) is 6.10 Å². The fraction of sp³-hybridized carbons (Fsp3) is 0.143. The summed E-state index contributed by atoms with van der Waals surface area (Å²) < 4.78 is 9.85. The Morgan fingerprint density at radius 3 is 0.925 bits per heavy atom. The van der Waals surface area contributed by atoms with Crippen LogP contribution in [-0.4, -0.2) is 88.9 Å². The first kappa shape index (κ1) is 90.6. The second kappa shape index (κ2) is 43.5. The van der Waals surface area contributed by atoms with Crippen molar-refractivity contribution in [2.24, 2.45) is 0 Å². The second-order valence-corrected chi connectivity index (χ2v) is 34.8. The summed E-state index contributed by atoms with van der Waals surface area (Å²) in [7, 11) is -2.62. The first-order valence-corrected chi connectivity index (χ1v) is 43.9. The van der Waals surface area contributed by atoms with Crippen LogP contribution in [0.5, 0.6) is 0 Å². The normalized spacial score (nSPS) is 15.2. The van der Waals surface area contributed by atoms with Gasteiger partial charge in [0.15, 0.2) is 0 Å². The first-order chi connectivity index (χ1) is 57.2. The van der Waals surface area contributed by atoms with Crippen LogP contribution >= 0.6 is 79.6 Å². The van der Waals surface area contributed by atoms with Crippen molar-refractivity contribution in [3.63, 3.8) is 0 Å². The molecule has 1 fully saturated rings. The average molecular weight is 1910 g/mol. The number of halogens is 5. The molecule has 0 aromatic heterocycles. The zero-order valence-corrected chi connectivity index (χ0v) is 75.3. The van der Waals surface area contributed by atoms with Gasteiger partial charge in [-0.15, -0.1) is 0 Å². The average Bonchev–Trinajstić information content (AvgIpc) is 1.71. The molecule has 1 saturated heterocycles. The van der Waals surface area contributed by atoms with Crippen molar-refractivity contribution >= 4 is 222 Å². The summed E-state index contributed by atoms with van der Waals surface area (Å²) in [6.45, 7) is 2.00. The Morgan fingerprint density at radius 1 is 0.333 bits per heavy atom. The molecular formula is C105H95B3Br5MgO6. The molecule has 1 heterocycles. The third kappa shape index (κ3) is 21.9. The maximum atomic E-state index is 9.60. The molecule has 14 aromatic carbocycles. The van der Waals surface area contributed by atoms with E-state index in [0.717, 1.165) is 68.4 Å². The summed E-state index contributed by atoms with van der Waals surface area (Å²) in [5.74, 6) is 0. The number of rotatable bonds is 4. The molecule has 0 bridgehead atoms. The summed E-state index contributed by atoms with van der Waals surface area (Å²) >= 11 is 17.8. The van der Waals surface area contributed by atoms with E-state index in [1.54, 1.807) is 0 Å². The Bertz CT molecular complexity index is 5810. The maximum Gasteiger partial charge on any atom is 2.00 e. The number of alkyl halides is 1. The van der Waals surface area contributed by atoms with E-state index in [1.165, 1.54) is 168 Å². The van der Waals surface area contributed by atoms with Crippen molar-refractivity contribution in [2.45, 2.75) is 82.6 Å². The largest absolute Gasteiger partial charge is 2.00 e. The van der Waals surface area contributed by atoms with Crippen LogP contribution < -0.4 is 0 Å². The zero-order chi connectivity index (χ0) is 80.7. The number of benzene rings is 14. The topological polar surface area (TPSA) is 110 Å². The van der Waals surface area contributed by atoms with E-state index in [2.05, 4.69) is 341 Å². The third-order valence-electron chi connectivity index (χ3n) is 22.3. The number of ether oxygens (including phenoxy) is 1. The quantitative estimate of drug-likeness (QED) is 0.0682. The predicted molar refractivity (Wildman–Crippen MR) is 535 cm³/mol. The second-order valence-electron chi connectivity index (χ2n) is 30.0. The number of hydrogen-bond acceptors (Lipinski definition) is 6. The van der Waals surface area contributed by atoms with Crippen molar-refractivity contribution in [1.82, 2.24) is 0 Å². The summed E-state index contributed by atoms with van der Waals surface area (Å²) in [6, 6.07) is 102. The summed E-state index contributed by atoms with van der Waals surface area (Å²) in [5, 5.41) is 55.7. The molecule has 2 atom stereocenters. The number of aliphatic hydroxyl groups excluding tert-OH is 1. The van der Waals surface area contributed by atoms with Gasteiger partial charge in [-0.2, -0.15) is 0 Å². The molecular weight excluding hydrogens is 1810 g/mol. The SMILES string of the molecule is BrC1=Cc2ccccc2C1.BrC1=Cc2ccccc2C1.Brc1c2ccccc2c(Br)c2ccccc12.C.C1=C(c2c3ccccc3c(C3=Cc4ccccc4C3)c3ccccc23)Cc2ccccc21.C1=Cc2ccccc2C1.C1CCOC1.OB(O)C1=Cc2ccccc2C1.OB(O)C1=Cc2ccccc2C1.OC1c2ccccc2CC1Br.[2HH].[B].[H-].[H-].[Mg+2]. The van der Waals surface area contributed by atoms with E-state index >= 15 is 0 Å². The van der Waals surface area contributed by atoms with Crippen LogP contribution in [0.3, 0.4) is 0 Å². The van der Waals surface area contributed by atoms with Crippen LogP contribution in [0.1, 0.15) is 131 Å². The minimum Gasteiger partial charge on any atom is -1.00 e. The van der Waals surface area contributed by atoms with Crippen LogP contribution in [0, 0.1) is 0 Å². The van der Waals surface area contributed by atoms with Gasteiger partial charge in [-0.05, 0) is 261 Å². The Hall–Kier alpha value is -8.58. The molecule has 597 valence electrons. The number of aliphatic hydroxyl groups is 1. The van der Waals surface area contributed by atoms with Crippen LogP contribution in [0.15, 0.2) is 326 Å². The molecule has 9 aliphatic rings. The number of hydrogen-bond donors (Lipinski definition) is 5. The first-order valence-electron chi connectivity index (χ1n) is 39.8. The van der Waals surface area contributed by atoms with E-state index < -0.39 is 14.2 Å². The summed E-state index contributed by atoms with van der Waals surface area (Å²) in [4.78, 5) is 0.208. The van der Waals surface area contributed by atoms with Gasteiger partial charge in [0, 0.05) is 58.6 Å². The van der Waals surface area contributed by atoms with Gasteiger partial charge in [-0.1, -0.05) is 383 Å². The predicted octanol–water partition coefficient (Wildman–Crippen LogP) is 26.4. The summed E-state index contributed by atoms with van der Waals surface area (Å²) in [6.07, 6.45) is 26.9. The van der Waals surface area contributed by atoms with Gasteiger partial charge in [0.1, 0.15) is 0 Å². The van der Waals surface area contributed by atoms with Gasteiger partial charge in [0.25, 0.3) is 0 Å². The summed E-state index contributed by atoms with van der Waals surface area (Å²) in [5.41, 5.74) is 27.8. The molecule has 0 saturated carbocycles. The minimum atomic E-state index is -1.31. The Balaban J connectivity index is 0.000000164. The Kier molecular flexibility index (Phi) is 32.8. The van der Waals surface area contributed by atoms with Gasteiger partial charge in [0.2, 0.25) is 0 Å². The fourth-order valence-electron chi connectivity index (χ4n) is 16.4. The third-order valence-corrected chi connectivity index (χ3v) is 25.8. The molecule has 15 heteroatoms. The van der Waals surface area contributed by atoms with Crippen molar-refractivity contribution in [1.29, 1.82) is 0 Å². The van der Waals surface area contributed by atoms with Gasteiger partial charge < -0.3 is 32.8 Å². The zero-order valence-electron chi connectivity index (χ0n) is 67.9. The minimum absolute atomic E-state index is 0. The Morgan fingerprint density at radius 2 is 0.617 bits per heavy atom. The molecule has 23 rings (SSSR count). The van der Waals surface area contributed by atoms with E-state index in [4.69, 9.17) is 24.8 Å². The van der Waals surface area contributed by atoms with E-state index in [-0.39, 0.29) is 54.1 Å². The molecule has 6 nitrogen and oxygen atoms in total. The van der Waals surface area contributed by atoms with Crippen LogP contribution in [0.25, 0.3) is 96.8 Å². The maximum absolute atomic E-state index is 9.60. The number of fused-ring (bicyclic) bond motifs is 12. The molecule has 0 spiro atoms. The van der Waals surface area contributed by atoms with Crippen LogP contribution in [0.2, 0.25) is 0 Å². The molecule has 1 aliphatic heterocycles. The molecule has 3 radical (unpaired) electrons. The van der Waals surface area contributed by atoms with Gasteiger partial charge >= 0.3 is 37.3 Å². The molecule has 0 amide bonds. The molecule has 14 aromatic rings. The molecule has 120 heavy (non-hydrogen) atoms. The standard InChI is InChI=1S/C32H22.C14H8Br2.2C9H9BO2.C9H9BrO.2C9H7Br.C9H8.C4H8O.CH4.B.Mg.H2.2H/c1-2-10-22-18-25(17-21(22)9-1)31-27-13-5-7-15-29(27)32(30-16-8-6-14-28(30)31)26-19-23-11-3-4-12-24(23)20-26;15-13-9-5-1-2-6-10(9)14(16)12-8-4-3-7-11(12)13;2*11-10(12)9-5-7-3-1-2-4-8(7)6-9;10-8-5-6-3-1-2-4-7(6)9(8)11;2*10-9-5-7-3-1-2-4-8(7)6-9;1-2-5-9-7-3-6-8(9)4-1;1-2-4-5-3-1;;;;;;/h1-17,19H,18,20H2;1-8H;2*1-5,11-12H,6H2;1-4,8-9,11H,5H2;2*1-5H,6H2;1-6H,7H2;1-4H2;1H4;;;1H;;/q;;;;;;;;;;;+2;;2*-1/i;;;;;;;;;;;;1+1;;. The Labute approximate surface area is 771 Å². The smallest absolute Gasteiger partial charge is 1.00 e. The van der Waals surface area contributed by atoms with E-state index in [1.807, 2.05) is 78.9 Å². The fourth-order valence-corrected chi connectivity index (χ4v) is 19.5. The number of allylic oxidation sites excluding steroid dienone is 7. The monoisotopic (exact) mass is 1900 g/mol. The molecule has 2 unspecified atom stereocenters. The molecule has 5 N–H and O–H groups in total. The van der Waals surface area contributed by atoms with Crippen molar-refractivity contribution < 1.29 is 34.2 Å². The van der Waals surface area contributed by atoms with E-state index in [9.17, 15) is 5.11 Å².